The van der Waals surface area contributed by atoms with Crippen LogP contribution < -0.4 is 0 Å². The van der Waals surface area contributed by atoms with Gasteiger partial charge in [-0.2, -0.15) is 5.10 Å². The number of piperazine rings is 1. The second-order valence-electron chi connectivity index (χ2n) is 8.47. The average Bonchev–Trinajstić information content (AvgIpc) is 3.58. The number of non-ortho nitro benzene ring substituents is 1. The van der Waals surface area contributed by atoms with Gasteiger partial charge < -0.3 is 4.90 Å². The third kappa shape index (κ3) is 4.27. The maximum Gasteiger partial charge on any atom is 0.272 e. The summed E-state index contributed by atoms with van der Waals surface area (Å²) < 4.78 is 1.78. The highest BCUT2D eigenvalue weighted by Crippen LogP contribution is 2.40. The lowest BCUT2D eigenvalue weighted by Gasteiger charge is -2.34. The fourth-order valence-corrected chi connectivity index (χ4v) is 4.19. The minimum atomic E-state index is -0.369. The molecule has 1 aliphatic heterocycles. The summed E-state index contributed by atoms with van der Waals surface area (Å²) in [6.07, 6.45) is 2.27. The number of hydrogen-bond donors (Lipinski definition) is 0. The zero-order valence-corrected chi connectivity index (χ0v) is 17.8. The smallest absolute Gasteiger partial charge is 0.272 e. The molecule has 1 saturated heterocycles. The van der Waals surface area contributed by atoms with Crippen LogP contribution >= 0.6 is 0 Å². The molecule has 2 heterocycles. The summed E-state index contributed by atoms with van der Waals surface area (Å²) in [6, 6.07) is 18.5. The SMILES string of the molecule is O=C(c1cc(C2CC2)nn1-c1ccccc1)N1CCN(Cc2cccc([N+](=O)[O-])c2)CC1. The number of benzene rings is 2. The fourth-order valence-electron chi connectivity index (χ4n) is 4.19. The Morgan fingerprint density at radius 3 is 2.44 bits per heavy atom. The molecule has 0 radical (unpaired) electrons. The van der Waals surface area contributed by atoms with Gasteiger partial charge in [0.15, 0.2) is 0 Å². The van der Waals surface area contributed by atoms with Gasteiger partial charge in [-0.1, -0.05) is 30.3 Å². The van der Waals surface area contributed by atoms with Crippen molar-refractivity contribution in [1.82, 2.24) is 19.6 Å². The molecule has 2 aromatic carbocycles. The number of nitrogens with zero attached hydrogens (tertiary/aromatic N) is 5. The molecule has 164 valence electrons. The first-order chi connectivity index (χ1) is 15.6. The van der Waals surface area contributed by atoms with E-state index in [0.29, 0.717) is 31.2 Å². The van der Waals surface area contributed by atoms with Crippen molar-refractivity contribution >= 4 is 11.6 Å². The molecule has 1 aliphatic carbocycles. The molecule has 1 aromatic heterocycles. The van der Waals surface area contributed by atoms with E-state index in [9.17, 15) is 14.9 Å². The summed E-state index contributed by atoms with van der Waals surface area (Å²) in [7, 11) is 0. The molecule has 1 saturated carbocycles. The first-order valence-corrected chi connectivity index (χ1v) is 11.0. The molecular formula is C24H25N5O3. The van der Waals surface area contributed by atoms with Crippen LogP contribution in [0.4, 0.5) is 5.69 Å². The van der Waals surface area contributed by atoms with Crippen molar-refractivity contribution in [3.8, 4) is 5.69 Å². The van der Waals surface area contributed by atoms with E-state index < -0.39 is 0 Å². The number of aromatic nitrogens is 2. The molecule has 0 unspecified atom stereocenters. The van der Waals surface area contributed by atoms with E-state index >= 15 is 0 Å². The van der Waals surface area contributed by atoms with Crippen molar-refractivity contribution in [2.24, 2.45) is 0 Å². The van der Waals surface area contributed by atoms with Crippen LogP contribution in [0, 0.1) is 10.1 Å². The third-order valence-corrected chi connectivity index (χ3v) is 6.13. The van der Waals surface area contributed by atoms with E-state index in [4.69, 9.17) is 5.10 Å². The average molecular weight is 431 g/mol. The van der Waals surface area contributed by atoms with Crippen molar-refractivity contribution in [2.75, 3.05) is 26.2 Å². The van der Waals surface area contributed by atoms with Crippen LogP contribution in [0.15, 0.2) is 60.7 Å². The van der Waals surface area contributed by atoms with Gasteiger partial charge in [0.1, 0.15) is 5.69 Å². The Bertz CT molecular complexity index is 1130. The maximum absolute atomic E-state index is 13.4. The quantitative estimate of drug-likeness (QED) is 0.440. The van der Waals surface area contributed by atoms with Crippen LogP contribution in [0.3, 0.4) is 0 Å². The minimum Gasteiger partial charge on any atom is -0.335 e. The highest BCUT2D eigenvalue weighted by Gasteiger charge is 2.31. The normalized spacial score (nSPS) is 16.8. The molecule has 32 heavy (non-hydrogen) atoms. The van der Waals surface area contributed by atoms with Gasteiger partial charge in [-0.25, -0.2) is 4.68 Å². The van der Waals surface area contributed by atoms with E-state index in [1.807, 2.05) is 47.4 Å². The number of rotatable bonds is 6. The molecule has 8 heteroatoms. The lowest BCUT2D eigenvalue weighted by atomic mass is 10.1. The Balaban J connectivity index is 1.28. The zero-order valence-electron chi connectivity index (χ0n) is 17.8. The fraction of sp³-hybridized carbons (Fsp3) is 0.333. The zero-order chi connectivity index (χ0) is 22.1. The van der Waals surface area contributed by atoms with Crippen LogP contribution in [0.1, 0.15) is 40.5 Å². The first kappa shape index (κ1) is 20.4. The van der Waals surface area contributed by atoms with E-state index in [-0.39, 0.29) is 16.5 Å². The molecule has 2 aliphatic rings. The van der Waals surface area contributed by atoms with Crippen molar-refractivity contribution in [2.45, 2.75) is 25.3 Å². The lowest BCUT2D eigenvalue weighted by molar-refractivity contribution is -0.384. The highest BCUT2D eigenvalue weighted by molar-refractivity contribution is 5.93. The number of nitro groups is 1. The Hall–Kier alpha value is -3.52. The standard InChI is InChI=1S/C24H25N5O3/c30-24(23-16-22(19-9-10-19)25-28(23)20-6-2-1-3-7-20)27-13-11-26(12-14-27)17-18-5-4-8-21(15-18)29(31)32/h1-8,15-16,19H,9-14,17H2. The molecule has 3 aromatic rings. The van der Waals surface area contributed by atoms with Gasteiger partial charge in [-0.3, -0.25) is 19.8 Å². The molecule has 1 amide bonds. The number of nitro benzene ring substituents is 1. The van der Waals surface area contributed by atoms with Gasteiger partial charge in [-0.05, 0) is 36.6 Å². The summed E-state index contributed by atoms with van der Waals surface area (Å²) in [5.41, 5.74) is 3.53. The molecule has 8 nitrogen and oxygen atoms in total. The van der Waals surface area contributed by atoms with Crippen molar-refractivity contribution in [3.05, 3.63) is 87.7 Å². The van der Waals surface area contributed by atoms with Gasteiger partial charge in [0.05, 0.1) is 16.3 Å². The van der Waals surface area contributed by atoms with Crippen molar-refractivity contribution in [3.63, 3.8) is 0 Å². The Labute approximate surface area is 186 Å². The maximum atomic E-state index is 13.4. The van der Waals surface area contributed by atoms with Crippen LogP contribution in [0.2, 0.25) is 0 Å². The molecule has 0 N–H and O–H groups in total. The largest absolute Gasteiger partial charge is 0.335 e. The third-order valence-electron chi connectivity index (χ3n) is 6.13. The predicted octanol–water partition coefficient (Wildman–Crippen LogP) is 3.62. The number of carbonyl (C=O) groups excluding carboxylic acids is 1. The minimum absolute atomic E-state index is 0.00301. The first-order valence-electron chi connectivity index (χ1n) is 11.0. The summed E-state index contributed by atoms with van der Waals surface area (Å²) in [4.78, 5) is 28.2. The van der Waals surface area contributed by atoms with Crippen LogP contribution in [-0.4, -0.2) is 56.6 Å². The van der Waals surface area contributed by atoms with Gasteiger partial charge in [-0.15, -0.1) is 0 Å². The molecular weight excluding hydrogens is 406 g/mol. The predicted molar refractivity (Wildman–Crippen MR) is 120 cm³/mol. The van der Waals surface area contributed by atoms with Crippen LogP contribution in [0.25, 0.3) is 5.69 Å². The topological polar surface area (TPSA) is 84.5 Å². The van der Waals surface area contributed by atoms with Crippen molar-refractivity contribution < 1.29 is 9.72 Å². The van der Waals surface area contributed by atoms with E-state index in [2.05, 4.69) is 4.90 Å². The van der Waals surface area contributed by atoms with E-state index in [1.165, 1.54) is 6.07 Å². The summed E-state index contributed by atoms with van der Waals surface area (Å²) in [6.45, 7) is 3.32. The monoisotopic (exact) mass is 431 g/mol. The lowest BCUT2D eigenvalue weighted by Crippen LogP contribution is -2.48. The van der Waals surface area contributed by atoms with Crippen LogP contribution in [-0.2, 0) is 6.54 Å². The Kier molecular flexibility index (Phi) is 5.45. The number of amides is 1. The molecule has 0 atom stereocenters. The summed E-state index contributed by atoms with van der Waals surface area (Å²) in [5.74, 6) is 0.474. The van der Waals surface area contributed by atoms with Gasteiger partial charge in [0, 0.05) is 50.8 Å². The van der Waals surface area contributed by atoms with Crippen molar-refractivity contribution in [1.29, 1.82) is 0 Å². The summed E-state index contributed by atoms with van der Waals surface area (Å²) >= 11 is 0. The van der Waals surface area contributed by atoms with Crippen LogP contribution in [0.5, 0.6) is 0 Å². The highest BCUT2D eigenvalue weighted by atomic mass is 16.6. The Morgan fingerprint density at radius 1 is 1.00 bits per heavy atom. The summed E-state index contributed by atoms with van der Waals surface area (Å²) in [5, 5.41) is 15.8. The molecule has 5 rings (SSSR count). The van der Waals surface area contributed by atoms with Gasteiger partial charge >= 0.3 is 0 Å². The van der Waals surface area contributed by atoms with Gasteiger partial charge in [0.25, 0.3) is 11.6 Å². The second kappa shape index (κ2) is 8.55. The number of hydrogen-bond acceptors (Lipinski definition) is 5. The number of para-hydroxylation sites is 1. The molecule has 0 bridgehead atoms. The molecule has 0 spiro atoms. The number of carbonyl (C=O) groups is 1. The van der Waals surface area contributed by atoms with E-state index in [0.717, 1.165) is 42.9 Å². The van der Waals surface area contributed by atoms with E-state index in [1.54, 1.807) is 16.8 Å². The molecule has 2 fully saturated rings. The Morgan fingerprint density at radius 2 is 1.75 bits per heavy atom. The van der Waals surface area contributed by atoms with Gasteiger partial charge in [0.2, 0.25) is 0 Å². The second-order valence-corrected chi connectivity index (χ2v) is 8.47.